The molecule has 0 fully saturated rings. The van der Waals surface area contributed by atoms with Gasteiger partial charge >= 0.3 is 0 Å². The van der Waals surface area contributed by atoms with Gasteiger partial charge in [0, 0.05) is 24.0 Å². The van der Waals surface area contributed by atoms with Crippen molar-refractivity contribution in [2.75, 3.05) is 13.7 Å². The lowest BCUT2D eigenvalue weighted by Gasteiger charge is -2.05. The van der Waals surface area contributed by atoms with Crippen LogP contribution in [0.25, 0.3) is 0 Å². The van der Waals surface area contributed by atoms with Crippen molar-refractivity contribution in [1.29, 1.82) is 0 Å². The molecule has 2 aromatic rings. The molecule has 0 saturated heterocycles. The molecule has 1 aromatic heterocycles. The molecule has 0 spiro atoms. The van der Waals surface area contributed by atoms with E-state index in [-0.39, 0.29) is 5.91 Å². The fourth-order valence-electron chi connectivity index (χ4n) is 1.98. The van der Waals surface area contributed by atoms with Crippen LogP contribution < -0.4 is 10.1 Å². The molecule has 21 heavy (non-hydrogen) atoms. The highest BCUT2D eigenvalue weighted by Crippen LogP contribution is 2.12. The van der Waals surface area contributed by atoms with Gasteiger partial charge in [0.25, 0.3) is 0 Å². The molecular weight excluding hydrogens is 284 g/mol. The van der Waals surface area contributed by atoms with E-state index in [1.807, 2.05) is 31.2 Å². The molecule has 2 rings (SSSR count). The van der Waals surface area contributed by atoms with E-state index in [1.54, 1.807) is 18.4 Å². The summed E-state index contributed by atoms with van der Waals surface area (Å²) >= 11 is 1.68. The van der Waals surface area contributed by atoms with Crippen LogP contribution in [0.2, 0.25) is 0 Å². The first kappa shape index (κ1) is 15.5. The predicted molar refractivity (Wildman–Crippen MR) is 84.9 cm³/mol. The van der Waals surface area contributed by atoms with Gasteiger partial charge in [0.2, 0.25) is 5.91 Å². The van der Waals surface area contributed by atoms with Crippen molar-refractivity contribution in [2.24, 2.45) is 0 Å². The first-order valence-corrected chi connectivity index (χ1v) is 7.86. The number of rotatable bonds is 7. The van der Waals surface area contributed by atoms with Crippen LogP contribution >= 0.6 is 11.3 Å². The second-order valence-electron chi connectivity index (χ2n) is 4.86. The summed E-state index contributed by atoms with van der Waals surface area (Å²) in [4.78, 5) is 16.2. The smallest absolute Gasteiger partial charge is 0.224 e. The van der Waals surface area contributed by atoms with Crippen LogP contribution in [0.3, 0.4) is 0 Å². The number of methoxy groups -OCH3 is 1. The molecule has 0 unspecified atom stereocenters. The van der Waals surface area contributed by atoms with Crippen LogP contribution in [0.5, 0.6) is 5.75 Å². The second-order valence-corrected chi connectivity index (χ2v) is 5.80. The summed E-state index contributed by atoms with van der Waals surface area (Å²) in [7, 11) is 1.63. The molecule has 5 heteroatoms. The van der Waals surface area contributed by atoms with Crippen LogP contribution in [-0.4, -0.2) is 24.5 Å². The second kappa shape index (κ2) is 7.78. The van der Waals surface area contributed by atoms with Crippen LogP contribution in [0.1, 0.15) is 22.7 Å². The Labute approximate surface area is 129 Å². The van der Waals surface area contributed by atoms with Crippen molar-refractivity contribution in [3.63, 3.8) is 0 Å². The number of carbonyl (C=O) groups is 1. The Balaban J connectivity index is 1.67. The minimum absolute atomic E-state index is 0.0514. The Morgan fingerprint density at radius 1 is 1.33 bits per heavy atom. The molecule has 0 saturated carbocycles. The van der Waals surface area contributed by atoms with E-state index in [1.165, 1.54) is 0 Å². The lowest BCUT2D eigenvalue weighted by molar-refractivity contribution is -0.120. The van der Waals surface area contributed by atoms with Gasteiger partial charge in [0.15, 0.2) is 0 Å². The molecule has 0 bridgehead atoms. The van der Waals surface area contributed by atoms with Gasteiger partial charge < -0.3 is 10.1 Å². The minimum atomic E-state index is 0.0514. The van der Waals surface area contributed by atoms with Gasteiger partial charge in [-0.25, -0.2) is 4.98 Å². The van der Waals surface area contributed by atoms with Crippen molar-refractivity contribution < 1.29 is 9.53 Å². The molecule has 0 atom stereocenters. The summed E-state index contributed by atoms with van der Waals surface area (Å²) in [5.74, 6) is 0.855. The number of hydrogen-bond donors (Lipinski definition) is 1. The van der Waals surface area contributed by atoms with Gasteiger partial charge in [0.1, 0.15) is 5.75 Å². The van der Waals surface area contributed by atoms with E-state index < -0.39 is 0 Å². The predicted octanol–water partition coefficient (Wildman–Crippen LogP) is 2.75. The Morgan fingerprint density at radius 2 is 2.10 bits per heavy atom. The standard InChI is InChI=1S/C16H20N2O2S/c1-12-11-21-16(18-12)4-3-9-17-15(19)10-13-5-7-14(20-2)8-6-13/h5-8,11H,3-4,9-10H2,1-2H3,(H,17,19). The van der Waals surface area contributed by atoms with Crippen molar-refractivity contribution in [3.05, 3.63) is 45.9 Å². The molecule has 0 aliphatic heterocycles. The van der Waals surface area contributed by atoms with Gasteiger partial charge in [-0.05, 0) is 31.0 Å². The zero-order chi connectivity index (χ0) is 15.1. The Hall–Kier alpha value is -1.88. The molecule has 1 amide bonds. The number of nitrogens with zero attached hydrogens (tertiary/aromatic N) is 1. The number of aromatic nitrogens is 1. The summed E-state index contributed by atoms with van der Waals surface area (Å²) in [6.45, 7) is 2.68. The number of hydrogen-bond acceptors (Lipinski definition) is 4. The molecule has 1 N–H and O–H groups in total. The van der Waals surface area contributed by atoms with Crippen LogP contribution in [0.4, 0.5) is 0 Å². The Bertz CT molecular complexity index is 578. The maximum atomic E-state index is 11.8. The third-order valence-corrected chi connectivity index (χ3v) is 4.11. The number of aryl methyl sites for hydroxylation is 2. The first-order chi connectivity index (χ1) is 10.2. The normalized spacial score (nSPS) is 10.4. The highest BCUT2D eigenvalue weighted by atomic mass is 32.1. The molecule has 112 valence electrons. The summed E-state index contributed by atoms with van der Waals surface area (Å²) < 4.78 is 5.09. The zero-order valence-electron chi connectivity index (χ0n) is 12.4. The molecule has 4 nitrogen and oxygen atoms in total. The fraction of sp³-hybridized carbons (Fsp3) is 0.375. The zero-order valence-corrected chi connectivity index (χ0v) is 13.2. The van der Waals surface area contributed by atoms with Crippen LogP contribution in [-0.2, 0) is 17.6 Å². The van der Waals surface area contributed by atoms with E-state index >= 15 is 0 Å². The topological polar surface area (TPSA) is 51.2 Å². The number of thiazole rings is 1. The Kier molecular flexibility index (Phi) is 5.75. The number of carbonyl (C=O) groups excluding carboxylic acids is 1. The quantitative estimate of drug-likeness (QED) is 0.800. The van der Waals surface area contributed by atoms with Crippen molar-refractivity contribution in [2.45, 2.75) is 26.2 Å². The molecule has 1 heterocycles. The van der Waals surface area contributed by atoms with Crippen molar-refractivity contribution >= 4 is 17.2 Å². The number of amides is 1. The summed E-state index contributed by atoms with van der Waals surface area (Å²) in [6.07, 6.45) is 2.24. The van der Waals surface area contributed by atoms with Crippen molar-refractivity contribution in [3.8, 4) is 5.75 Å². The van der Waals surface area contributed by atoms with Gasteiger partial charge in [-0.3, -0.25) is 4.79 Å². The third-order valence-electron chi connectivity index (χ3n) is 3.08. The van der Waals surface area contributed by atoms with E-state index in [0.29, 0.717) is 13.0 Å². The molecule has 0 aliphatic carbocycles. The van der Waals surface area contributed by atoms with Crippen molar-refractivity contribution in [1.82, 2.24) is 10.3 Å². The lowest BCUT2D eigenvalue weighted by Crippen LogP contribution is -2.26. The third kappa shape index (κ3) is 5.19. The Morgan fingerprint density at radius 3 is 2.71 bits per heavy atom. The van der Waals surface area contributed by atoms with E-state index in [4.69, 9.17) is 4.74 Å². The molecule has 1 aromatic carbocycles. The highest BCUT2D eigenvalue weighted by Gasteiger charge is 2.04. The van der Waals surface area contributed by atoms with E-state index in [0.717, 1.165) is 34.9 Å². The average molecular weight is 304 g/mol. The van der Waals surface area contributed by atoms with E-state index in [2.05, 4.69) is 15.7 Å². The maximum Gasteiger partial charge on any atom is 0.224 e. The lowest BCUT2D eigenvalue weighted by atomic mass is 10.1. The van der Waals surface area contributed by atoms with E-state index in [9.17, 15) is 4.79 Å². The van der Waals surface area contributed by atoms with Gasteiger partial charge in [-0.1, -0.05) is 12.1 Å². The van der Waals surface area contributed by atoms with Crippen LogP contribution in [0.15, 0.2) is 29.6 Å². The highest BCUT2D eigenvalue weighted by molar-refractivity contribution is 7.09. The average Bonchev–Trinajstić information content (AvgIpc) is 2.90. The summed E-state index contributed by atoms with van der Waals surface area (Å²) in [6, 6.07) is 7.56. The number of ether oxygens (including phenoxy) is 1. The summed E-state index contributed by atoms with van der Waals surface area (Å²) in [5, 5.41) is 6.13. The van der Waals surface area contributed by atoms with Gasteiger partial charge in [-0.15, -0.1) is 11.3 Å². The van der Waals surface area contributed by atoms with Crippen LogP contribution in [0, 0.1) is 6.92 Å². The molecular formula is C16H20N2O2S. The van der Waals surface area contributed by atoms with Gasteiger partial charge in [0.05, 0.1) is 18.5 Å². The number of nitrogens with one attached hydrogen (secondary N) is 1. The first-order valence-electron chi connectivity index (χ1n) is 6.98. The molecule has 0 radical (unpaired) electrons. The molecule has 0 aliphatic rings. The fourth-order valence-corrected chi connectivity index (χ4v) is 2.79. The minimum Gasteiger partial charge on any atom is -0.497 e. The SMILES string of the molecule is COc1ccc(CC(=O)NCCCc2nc(C)cs2)cc1. The number of benzene rings is 1. The largest absolute Gasteiger partial charge is 0.497 e. The van der Waals surface area contributed by atoms with Gasteiger partial charge in [-0.2, -0.15) is 0 Å². The summed E-state index contributed by atoms with van der Waals surface area (Å²) in [5.41, 5.74) is 2.06. The maximum absolute atomic E-state index is 11.8. The monoisotopic (exact) mass is 304 g/mol.